The fraction of sp³-hybridized carbons (Fsp3) is 0.279. The summed E-state index contributed by atoms with van der Waals surface area (Å²) in [7, 11) is 2.90. The topological polar surface area (TPSA) is 99.1 Å². The number of carbonyl (C=O) groups excluding carboxylic acids is 3. The standard InChI is InChI=1S/C43H50O7/c1-4-5-6-7-8-9-10-11-12-13-14-15-16-17-18-19-20-21-22-23-43(47)50-40-31-27-36(33-42(40)49-3)25-29-38(45)34-37(44)28-24-35-26-30-39(46)41(32-35)48-2/h5-6,8-9,11-12,14-15,17-18,20-21,24-33,46H,4,7,10,13,16,19,22-23,34H2,1-3H3. The molecule has 0 aliphatic carbocycles. The molecule has 264 valence electrons. The van der Waals surface area contributed by atoms with Crippen molar-refractivity contribution in [2.75, 3.05) is 14.2 Å². The van der Waals surface area contributed by atoms with Crippen LogP contribution in [0, 0.1) is 0 Å². The average molecular weight is 679 g/mol. The Morgan fingerprint density at radius 3 is 1.56 bits per heavy atom. The number of benzene rings is 2. The van der Waals surface area contributed by atoms with E-state index in [1.54, 1.807) is 42.5 Å². The molecule has 0 saturated heterocycles. The van der Waals surface area contributed by atoms with Crippen LogP contribution in [0.2, 0.25) is 0 Å². The van der Waals surface area contributed by atoms with Crippen molar-refractivity contribution in [3.63, 3.8) is 0 Å². The third kappa shape index (κ3) is 18.2. The first-order valence-corrected chi connectivity index (χ1v) is 16.9. The Bertz CT molecular complexity index is 1600. The summed E-state index contributed by atoms with van der Waals surface area (Å²) in [6.07, 6.45) is 37.6. The van der Waals surface area contributed by atoms with Crippen LogP contribution in [-0.4, -0.2) is 36.9 Å². The Hall–Kier alpha value is -5.43. The molecule has 50 heavy (non-hydrogen) atoms. The summed E-state index contributed by atoms with van der Waals surface area (Å²) in [5.41, 5.74) is 1.30. The van der Waals surface area contributed by atoms with E-state index in [-0.39, 0.29) is 47.6 Å². The number of methoxy groups -OCH3 is 2. The average Bonchev–Trinajstić information content (AvgIpc) is 3.11. The molecule has 2 aromatic carbocycles. The van der Waals surface area contributed by atoms with E-state index in [9.17, 15) is 19.5 Å². The number of phenolic OH excluding ortho intramolecular Hbond substituents is 1. The minimum atomic E-state index is -0.376. The van der Waals surface area contributed by atoms with Crippen molar-refractivity contribution >= 4 is 29.7 Å². The molecule has 7 nitrogen and oxygen atoms in total. The lowest BCUT2D eigenvalue weighted by molar-refractivity contribution is -0.134. The molecule has 0 amide bonds. The number of hydrogen-bond acceptors (Lipinski definition) is 7. The highest BCUT2D eigenvalue weighted by Crippen LogP contribution is 2.29. The van der Waals surface area contributed by atoms with Gasteiger partial charge in [-0.15, -0.1) is 0 Å². The molecule has 0 radical (unpaired) electrons. The predicted molar refractivity (Wildman–Crippen MR) is 203 cm³/mol. The van der Waals surface area contributed by atoms with Gasteiger partial charge in [0, 0.05) is 6.42 Å². The maximum absolute atomic E-state index is 12.4. The number of allylic oxidation sites excluding steroid dienone is 14. The quantitative estimate of drug-likeness (QED) is 0.0411. The van der Waals surface area contributed by atoms with Gasteiger partial charge in [0.25, 0.3) is 0 Å². The van der Waals surface area contributed by atoms with Crippen LogP contribution >= 0.6 is 0 Å². The summed E-state index contributed by atoms with van der Waals surface area (Å²) in [5, 5.41) is 9.68. The van der Waals surface area contributed by atoms with Crippen molar-refractivity contribution in [1.29, 1.82) is 0 Å². The highest BCUT2D eigenvalue weighted by Gasteiger charge is 2.11. The van der Waals surface area contributed by atoms with E-state index in [0.29, 0.717) is 23.3 Å². The van der Waals surface area contributed by atoms with Gasteiger partial charge in [-0.25, -0.2) is 0 Å². The Kier molecular flexibility index (Phi) is 20.8. The molecular formula is C43H50O7. The first-order valence-electron chi connectivity index (χ1n) is 16.9. The molecule has 0 aliphatic heterocycles. The third-order valence-electron chi connectivity index (χ3n) is 7.00. The van der Waals surface area contributed by atoms with Crippen LogP contribution in [0.3, 0.4) is 0 Å². The van der Waals surface area contributed by atoms with Gasteiger partial charge < -0.3 is 19.3 Å². The Morgan fingerprint density at radius 1 is 0.600 bits per heavy atom. The summed E-state index contributed by atoms with van der Waals surface area (Å²) < 4.78 is 15.9. The maximum Gasteiger partial charge on any atom is 0.311 e. The van der Waals surface area contributed by atoms with Gasteiger partial charge in [-0.1, -0.05) is 104 Å². The summed E-state index contributed by atoms with van der Waals surface area (Å²) in [5.74, 6) is -0.187. The SMILES string of the molecule is CCC=CCC=CCC=CCC=CCC=CCC=CCCC(=O)Oc1ccc(C=CC(=O)CC(=O)C=Cc2ccc(O)c(OC)c2)cc1OC. The molecule has 0 unspecified atom stereocenters. The van der Waals surface area contributed by atoms with Crippen molar-refractivity contribution in [3.8, 4) is 23.0 Å². The summed E-state index contributed by atoms with van der Waals surface area (Å²) >= 11 is 0. The third-order valence-corrected chi connectivity index (χ3v) is 7.00. The van der Waals surface area contributed by atoms with Gasteiger partial charge in [-0.2, -0.15) is 0 Å². The van der Waals surface area contributed by atoms with Crippen molar-refractivity contribution < 1.29 is 33.7 Å². The highest BCUT2D eigenvalue weighted by atomic mass is 16.6. The molecule has 7 heteroatoms. The van der Waals surface area contributed by atoms with E-state index in [4.69, 9.17) is 14.2 Å². The van der Waals surface area contributed by atoms with Crippen molar-refractivity contribution in [1.82, 2.24) is 0 Å². The minimum absolute atomic E-state index is 0.00374. The number of ether oxygens (including phenoxy) is 3. The van der Waals surface area contributed by atoms with Crippen molar-refractivity contribution in [3.05, 3.63) is 133 Å². The number of esters is 1. The van der Waals surface area contributed by atoms with Crippen LogP contribution in [0.5, 0.6) is 23.0 Å². The van der Waals surface area contributed by atoms with Crippen molar-refractivity contribution in [2.45, 2.75) is 64.7 Å². The van der Waals surface area contributed by atoms with Gasteiger partial charge in [-0.3, -0.25) is 14.4 Å². The molecule has 0 bridgehead atoms. The van der Waals surface area contributed by atoms with Crippen LogP contribution in [0.25, 0.3) is 12.2 Å². The lowest BCUT2D eigenvalue weighted by Gasteiger charge is -2.09. The Balaban J connectivity index is 1.67. The monoisotopic (exact) mass is 678 g/mol. The van der Waals surface area contributed by atoms with Crippen LogP contribution in [0.15, 0.2) is 121 Å². The van der Waals surface area contributed by atoms with Gasteiger partial charge in [0.05, 0.1) is 20.6 Å². The van der Waals surface area contributed by atoms with Gasteiger partial charge >= 0.3 is 5.97 Å². The smallest absolute Gasteiger partial charge is 0.311 e. The van der Waals surface area contributed by atoms with Gasteiger partial charge in [0.2, 0.25) is 0 Å². The van der Waals surface area contributed by atoms with Gasteiger partial charge in [-0.05, 0) is 92.5 Å². The van der Waals surface area contributed by atoms with Crippen LogP contribution in [-0.2, 0) is 14.4 Å². The minimum Gasteiger partial charge on any atom is -0.504 e. The summed E-state index contributed by atoms with van der Waals surface area (Å²) in [6.45, 7) is 2.14. The lowest BCUT2D eigenvalue weighted by Crippen LogP contribution is -2.08. The zero-order valence-electron chi connectivity index (χ0n) is 29.5. The fourth-order valence-corrected chi connectivity index (χ4v) is 4.35. The van der Waals surface area contributed by atoms with E-state index in [2.05, 4.69) is 67.7 Å². The largest absolute Gasteiger partial charge is 0.504 e. The number of rotatable bonds is 23. The van der Waals surface area contributed by atoms with Crippen molar-refractivity contribution in [2.24, 2.45) is 0 Å². The van der Waals surface area contributed by atoms with Crippen LogP contribution < -0.4 is 14.2 Å². The zero-order chi connectivity index (χ0) is 36.2. The Morgan fingerprint density at radius 2 is 1.06 bits per heavy atom. The first kappa shape index (κ1) is 40.7. The molecule has 0 heterocycles. The van der Waals surface area contributed by atoms with E-state index < -0.39 is 0 Å². The number of phenols is 1. The molecule has 0 fully saturated rings. The maximum atomic E-state index is 12.4. The lowest BCUT2D eigenvalue weighted by atomic mass is 10.1. The molecule has 1 N–H and O–H groups in total. The zero-order valence-corrected chi connectivity index (χ0v) is 29.5. The highest BCUT2D eigenvalue weighted by molar-refractivity contribution is 6.10. The molecule has 0 aliphatic rings. The second-order valence-electron chi connectivity index (χ2n) is 11.0. The molecule has 0 atom stereocenters. The number of aromatic hydroxyl groups is 1. The fourth-order valence-electron chi connectivity index (χ4n) is 4.35. The van der Waals surface area contributed by atoms with E-state index >= 15 is 0 Å². The van der Waals surface area contributed by atoms with Crippen LogP contribution in [0.4, 0.5) is 0 Å². The van der Waals surface area contributed by atoms with Gasteiger partial charge in [0.15, 0.2) is 34.6 Å². The predicted octanol–water partition coefficient (Wildman–Crippen LogP) is 10.0. The number of ketones is 2. The molecular weight excluding hydrogens is 628 g/mol. The number of carbonyl (C=O) groups is 3. The first-order chi connectivity index (χ1) is 24.4. The molecule has 2 aromatic rings. The van der Waals surface area contributed by atoms with E-state index in [1.807, 2.05) is 12.2 Å². The summed E-state index contributed by atoms with van der Waals surface area (Å²) in [4.78, 5) is 37.0. The van der Waals surface area contributed by atoms with E-state index in [1.165, 1.54) is 32.4 Å². The van der Waals surface area contributed by atoms with Crippen LogP contribution in [0.1, 0.15) is 75.8 Å². The Labute approximate surface area is 297 Å². The van der Waals surface area contributed by atoms with E-state index in [0.717, 1.165) is 38.5 Å². The molecule has 2 rings (SSSR count). The normalized spacial score (nSPS) is 12.3. The molecule has 0 saturated carbocycles. The second kappa shape index (κ2) is 25.6. The molecule has 0 spiro atoms. The molecule has 0 aromatic heterocycles. The number of hydrogen-bond donors (Lipinski definition) is 1. The second-order valence-corrected chi connectivity index (χ2v) is 11.0. The van der Waals surface area contributed by atoms with Gasteiger partial charge in [0.1, 0.15) is 0 Å². The summed E-state index contributed by atoms with van der Waals surface area (Å²) in [6, 6.07) is 9.63.